The maximum absolute atomic E-state index is 13.2. The van der Waals surface area contributed by atoms with E-state index < -0.39 is 0 Å². The third kappa shape index (κ3) is 3.99. The molecule has 0 bridgehead atoms. The third-order valence-corrected chi connectivity index (χ3v) is 5.31. The zero-order valence-corrected chi connectivity index (χ0v) is 16.0. The molecule has 1 aliphatic rings. The molecule has 1 fully saturated rings. The van der Waals surface area contributed by atoms with Crippen LogP contribution in [0.25, 0.3) is 11.3 Å². The molecule has 0 unspecified atom stereocenters. The normalized spacial score (nSPS) is 15.0. The molecule has 2 aromatic carbocycles. The van der Waals surface area contributed by atoms with Gasteiger partial charge in [-0.1, -0.05) is 30.3 Å². The Morgan fingerprint density at radius 1 is 1.00 bits per heavy atom. The minimum absolute atomic E-state index is 0.0569. The second-order valence-corrected chi connectivity index (χ2v) is 7.28. The van der Waals surface area contributed by atoms with E-state index in [-0.39, 0.29) is 11.7 Å². The summed E-state index contributed by atoms with van der Waals surface area (Å²) >= 11 is 0. The van der Waals surface area contributed by atoms with Crippen LogP contribution in [0, 0.1) is 12.7 Å². The van der Waals surface area contributed by atoms with Crippen molar-refractivity contribution in [2.24, 2.45) is 0 Å². The SMILES string of the molecule is Cc1[nH]c(-c2ccc(F)cc2)cc1C(=O)N1CCN(Cc2ccccc2)CC1. The number of piperazine rings is 1. The number of carbonyl (C=O) groups excluding carboxylic acids is 1. The van der Waals surface area contributed by atoms with E-state index in [1.165, 1.54) is 17.7 Å². The van der Waals surface area contributed by atoms with E-state index in [0.29, 0.717) is 5.56 Å². The number of hydrogen-bond acceptors (Lipinski definition) is 2. The minimum Gasteiger partial charge on any atom is -0.358 e. The molecule has 0 aliphatic carbocycles. The van der Waals surface area contributed by atoms with E-state index in [0.717, 1.165) is 49.7 Å². The lowest BCUT2D eigenvalue weighted by molar-refractivity contribution is 0.0628. The average molecular weight is 377 g/mol. The lowest BCUT2D eigenvalue weighted by Crippen LogP contribution is -2.48. The van der Waals surface area contributed by atoms with Crippen LogP contribution in [0.4, 0.5) is 4.39 Å². The Morgan fingerprint density at radius 2 is 1.68 bits per heavy atom. The van der Waals surface area contributed by atoms with Gasteiger partial charge in [0.25, 0.3) is 5.91 Å². The quantitative estimate of drug-likeness (QED) is 0.744. The summed E-state index contributed by atoms with van der Waals surface area (Å²) in [4.78, 5) is 20.6. The molecule has 1 saturated heterocycles. The Hall–Kier alpha value is -2.92. The number of benzene rings is 2. The van der Waals surface area contributed by atoms with Gasteiger partial charge < -0.3 is 9.88 Å². The van der Waals surface area contributed by atoms with Gasteiger partial charge in [-0.2, -0.15) is 0 Å². The number of carbonyl (C=O) groups is 1. The number of halogens is 1. The predicted octanol–water partition coefficient (Wildman–Crippen LogP) is 4.09. The lowest BCUT2D eigenvalue weighted by atomic mass is 10.1. The molecule has 5 heteroatoms. The number of aryl methyl sites for hydroxylation is 1. The van der Waals surface area contributed by atoms with Gasteiger partial charge in [-0.3, -0.25) is 9.69 Å². The number of nitrogens with zero attached hydrogens (tertiary/aromatic N) is 2. The van der Waals surface area contributed by atoms with Gasteiger partial charge in [0.2, 0.25) is 0 Å². The maximum Gasteiger partial charge on any atom is 0.255 e. The average Bonchev–Trinajstić information content (AvgIpc) is 3.11. The van der Waals surface area contributed by atoms with E-state index >= 15 is 0 Å². The summed E-state index contributed by atoms with van der Waals surface area (Å²) in [6.07, 6.45) is 0. The van der Waals surface area contributed by atoms with E-state index in [9.17, 15) is 9.18 Å². The van der Waals surface area contributed by atoms with Gasteiger partial charge in [0.15, 0.2) is 0 Å². The summed E-state index contributed by atoms with van der Waals surface area (Å²) in [5.74, 6) is -0.210. The Bertz CT molecular complexity index is 942. The first-order valence-electron chi connectivity index (χ1n) is 9.61. The number of nitrogens with one attached hydrogen (secondary N) is 1. The van der Waals surface area contributed by atoms with Gasteiger partial charge in [-0.15, -0.1) is 0 Å². The van der Waals surface area contributed by atoms with Crippen molar-refractivity contribution in [2.75, 3.05) is 26.2 Å². The first-order chi connectivity index (χ1) is 13.6. The molecule has 1 aliphatic heterocycles. The van der Waals surface area contributed by atoms with Crippen LogP contribution in [0.3, 0.4) is 0 Å². The standard InChI is InChI=1S/C23H24FN3O/c1-17-21(15-22(25-17)19-7-9-20(24)10-8-19)23(28)27-13-11-26(12-14-27)16-18-5-3-2-4-6-18/h2-10,15,25H,11-14,16H2,1H3. The highest BCUT2D eigenvalue weighted by atomic mass is 19.1. The van der Waals surface area contributed by atoms with Crippen molar-refractivity contribution < 1.29 is 9.18 Å². The molecule has 3 aromatic rings. The predicted molar refractivity (Wildman–Crippen MR) is 109 cm³/mol. The van der Waals surface area contributed by atoms with Crippen LogP contribution in [-0.2, 0) is 6.54 Å². The van der Waals surface area contributed by atoms with Gasteiger partial charge in [0, 0.05) is 44.1 Å². The maximum atomic E-state index is 13.2. The van der Waals surface area contributed by atoms with Gasteiger partial charge in [-0.25, -0.2) is 4.39 Å². The summed E-state index contributed by atoms with van der Waals surface area (Å²) in [6, 6.07) is 18.6. The summed E-state index contributed by atoms with van der Waals surface area (Å²) in [6.45, 7) is 6.01. The van der Waals surface area contributed by atoms with Gasteiger partial charge in [-0.05, 0) is 48.4 Å². The highest BCUT2D eigenvalue weighted by Gasteiger charge is 2.24. The second-order valence-electron chi connectivity index (χ2n) is 7.28. The van der Waals surface area contributed by atoms with Crippen LogP contribution in [0.1, 0.15) is 21.6 Å². The lowest BCUT2D eigenvalue weighted by Gasteiger charge is -2.34. The van der Waals surface area contributed by atoms with Crippen LogP contribution in [0.2, 0.25) is 0 Å². The molecule has 0 spiro atoms. The van der Waals surface area contributed by atoms with Crippen molar-refractivity contribution in [3.8, 4) is 11.3 Å². The monoisotopic (exact) mass is 377 g/mol. The van der Waals surface area contributed by atoms with Crippen LogP contribution in [0.15, 0.2) is 60.7 Å². The molecular weight excluding hydrogens is 353 g/mol. The molecule has 1 aromatic heterocycles. The van der Waals surface area contributed by atoms with Gasteiger partial charge in [0.05, 0.1) is 5.56 Å². The molecule has 2 heterocycles. The van der Waals surface area contributed by atoms with E-state index in [1.807, 2.05) is 24.0 Å². The number of aromatic nitrogens is 1. The van der Waals surface area contributed by atoms with Crippen molar-refractivity contribution >= 4 is 5.91 Å². The summed E-state index contributed by atoms with van der Waals surface area (Å²) < 4.78 is 13.2. The third-order valence-electron chi connectivity index (χ3n) is 5.31. The molecule has 1 N–H and O–H groups in total. The second kappa shape index (κ2) is 7.98. The number of aromatic amines is 1. The van der Waals surface area contributed by atoms with Gasteiger partial charge in [0.1, 0.15) is 5.82 Å². The van der Waals surface area contributed by atoms with Crippen molar-refractivity contribution in [1.29, 1.82) is 0 Å². The number of rotatable bonds is 4. The first-order valence-corrected chi connectivity index (χ1v) is 9.61. The molecular formula is C23H24FN3O. The summed E-state index contributed by atoms with van der Waals surface area (Å²) in [5, 5.41) is 0. The van der Waals surface area contributed by atoms with Crippen LogP contribution >= 0.6 is 0 Å². The first kappa shape index (κ1) is 18.4. The molecule has 144 valence electrons. The zero-order chi connectivity index (χ0) is 19.5. The molecule has 28 heavy (non-hydrogen) atoms. The molecule has 4 rings (SSSR count). The van der Waals surface area contributed by atoms with Gasteiger partial charge >= 0.3 is 0 Å². The Kier molecular flexibility index (Phi) is 5.26. The highest BCUT2D eigenvalue weighted by Crippen LogP contribution is 2.23. The van der Waals surface area contributed by atoms with Crippen molar-refractivity contribution in [2.45, 2.75) is 13.5 Å². The summed E-state index contributed by atoms with van der Waals surface area (Å²) in [7, 11) is 0. The van der Waals surface area contributed by atoms with Crippen LogP contribution in [0.5, 0.6) is 0 Å². The number of H-pyrrole nitrogens is 1. The van der Waals surface area contributed by atoms with E-state index in [1.54, 1.807) is 12.1 Å². The van der Waals surface area contributed by atoms with Crippen molar-refractivity contribution in [3.63, 3.8) is 0 Å². The highest BCUT2D eigenvalue weighted by molar-refractivity contribution is 5.96. The largest absolute Gasteiger partial charge is 0.358 e. The molecule has 1 amide bonds. The Labute approximate surface area is 164 Å². The zero-order valence-electron chi connectivity index (χ0n) is 16.0. The summed E-state index contributed by atoms with van der Waals surface area (Å²) in [5.41, 5.74) is 4.54. The Morgan fingerprint density at radius 3 is 2.36 bits per heavy atom. The van der Waals surface area contributed by atoms with E-state index in [4.69, 9.17) is 0 Å². The Balaban J connectivity index is 1.41. The minimum atomic E-state index is -0.267. The fourth-order valence-electron chi connectivity index (χ4n) is 3.69. The van der Waals surface area contributed by atoms with Crippen molar-refractivity contribution in [1.82, 2.24) is 14.8 Å². The fraction of sp³-hybridized carbons (Fsp3) is 0.261. The van der Waals surface area contributed by atoms with Crippen LogP contribution in [-0.4, -0.2) is 46.9 Å². The molecule has 0 radical (unpaired) electrons. The fourth-order valence-corrected chi connectivity index (χ4v) is 3.69. The molecule has 4 nitrogen and oxygen atoms in total. The van der Waals surface area contributed by atoms with Crippen molar-refractivity contribution in [3.05, 3.63) is 83.3 Å². The molecule has 0 saturated carbocycles. The smallest absolute Gasteiger partial charge is 0.255 e. The van der Waals surface area contributed by atoms with E-state index in [2.05, 4.69) is 34.1 Å². The molecule has 0 atom stereocenters. The topological polar surface area (TPSA) is 39.3 Å². The van der Waals surface area contributed by atoms with Crippen LogP contribution < -0.4 is 0 Å². The number of hydrogen-bond donors (Lipinski definition) is 1. The number of amides is 1.